The number of hydrogen-bond donors (Lipinski definition) is 1. The first kappa shape index (κ1) is 7.58. The fourth-order valence-electron chi connectivity index (χ4n) is 0.184. The summed E-state index contributed by atoms with van der Waals surface area (Å²) >= 11 is -2.14. The molecule has 8 heavy (non-hydrogen) atoms. The summed E-state index contributed by atoms with van der Waals surface area (Å²) < 4.78 is 19.4. The van der Waals surface area contributed by atoms with Crippen molar-refractivity contribution < 1.29 is 13.6 Å². The third-order valence-corrected chi connectivity index (χ3v) is 1.05. The maximum atomic E-state index is 9.85. The van der Waals surface area contributed by atoms with Gasteiger partial charge in [0.25, 0.3) is 0 Å². The Morgan fingerprint density at radius 1 is 1.75 bits per heavy atom. The van der Waals surface area contributed by atoms with Crippen LogP contribution in [0.25, 0.3) is 0 Å². The van der Waals surface area contributed by atoms with Gasteiger partial charge in [-0.1, -0.05) is 11.1 Å². The van der Waals surface area contributed by atoms with Gasteiger partial charge in [-0.05, 0) is 0 Å². The van der Waals surface area contributed by atoms with Gasteiger partial charge in [-0.25, -0.2) is 0 Å². The van der Waals surface area contributed by atoms with Crippen LogP contribution in [0.3, 0.4) is 0 Å². The summed E-state index contributed by atoms with van der Waals surface area (Å²) in [6, 6.07) is 0. The van der Waals surface area contributed by atoms with Crippen LogP contribution < -0.4 is 5.73 Å². The molecule has 0 spiro atoms. The molecule has 1 amide bonds. The normalized spacial score (nSPS) is 13.1. The van der Waals surface area contributed by atoms with Crippen molar-refractivity contribution in [2.75, 3.05) is 5.75 Å². The molecule has 0 bridgehead atoms. The largest absolute Gasteiger partial charge is 0.772 e. The summed E-state index contributed by atoms with van der Waals surface area (Å²) in [5.74, 6) is -0.760. The molecule has 2 N–H and O–H groups in total. The second kappa shape index (κ2) is 3.57. The van der Waals surface area contributed by atoms with Gasteiger partial charge in [-0.2, -0.15) is 0 Å². The zero-order valence-corrected chi connectivity index (χ0v) is 4.94. The first-order valence-electron chi connectivity index (χ1n) is 1.97. The predicted molar refractivity (Wildman–Crippen MR) is 27.6 cm³/mol. The topological polar surface area (TPSA) is 83.2 Å². The Morgan fingerprint density at radius 3 is 2.38 bits per heavy atom. The molecule has 0 aromatic rings. The molecule has 0 aromatic carbocycles. The van der Waals surface area contributed by atoms with Crippen LogP contribution in [0, 0.1) is 0 Å². The molecule has 0 rings (SSSR count). The molecule has 0 aromatic heterocycles. The lowest BCUT2D eigenvalue weighted by Crippen LogP contribution is -2.13. The van der Waals surface area contributed by atoms with E-state index in [0.29, 0.717) is 0 Å². The monoisotopic (exact) mass is 136 g/mol. The van der Waals surface area contributed by atoms with E-state index in [2.05, 4.69) is 5.73 Å². The Kier molecular flexibility index (Phi) is 3.38. The first-order valence-corrected chi connectivity index (χ1v) is 3.21. The molecular formula is C3H6NO3S-. The highest BCUT2D eigenvalue weighted by atomic mass is 32.2. The van der Waals surface area contributed by atoms with Crippen molar-refractivity contribution in [3.05, 3.63) is 0 Å². The van der Waals surface area contributed by atoms with Crippen LogP contribution in [-0.2, 0) is 15.9 Å². The van der Waals surface area contributed by atoms with Crippen LogP contribution >= 0.6 is 0 Å². The number of hydrogen-bond acceptors (Lipinski definition) is 3. The van der Waals surface area contributed by atoms with Gasteiger partial charge >= 0.3 is 0 Å². The molecule has 1 unspecified atom stereocenters. The van der Waals surface area contributed by atoms with Gasteiger partial charge in [-0.15, -0.1) is 0 Å². The van der Waals surface area contributed by atoms with Crippen LogP contribution in [0.5, 0.6) is 0 Å². The van der Waals surface area contributed by atoms with Crippen molar-refractivity contribution >= 4 is 17.0 Å². The predicted octanol–water partition coefficient (Wildman–Crippen LogP) is -1.26. The second-order valence-electron chi connectivity index (χ2n) is 1.22. The van der Waals surface area contributed by atoms with E-state index in [1.54, 1.807) is 0 Å². The Labute approximate surface area is 49.3 Å². The van der Waals surface area contributed by atoms with E-state index in [1.165, 1.54) is 0 Å². The molecule has 0 aliphatic carbocycles. The lowest BCUT2D eigenvalue weighted by atomic mass is 10.5. The van der Waals surface area contributed by atoms with Crippen molar-refractivity contribution in [2.45, 2.75) is 6.42 Å². The van der Waals surface area contributed by atoms with Crippen LogP contribution in [0.4, 0.5) is 0 Å². The van der Waals surface area contributed by atoms with Crippen molar-refractivity contribution in [1.82, 2.24) is 0 Å². The Morgan fingerprint density at radius 2 is 2.25 bits per heavy atom. The maximum absolute atomic E-state index is 9.85. The highest BCUT2D eigenvalue weighted by molar-refractivity contribution is 7.79. The van der Waals surface area contributed by atoms with Crippen molar-refractivity contribution in [2.24, 2.45) is 5.73 Å². The number of carbonyl (C=O) groups excluding carboxylic acids is 1. The first-order chi connectivity index (χ1) is 3.63. The summed E-state index contributed by atoms with van der Waals surface area (Å²) in [6.07, 6.45) is -0.0872. The third kappa shape index (κ3) is 5.58. The van der Waals surface area contributed by atoms with Gasteiger partial charge < -0.3 is 10.3 Å². The summed E-state index contributed by atoms with van der Waals surface area (Å²) in [5, 5.41) is 0. The molecule has 0 aliphatic rings. The van der Waals surface area contributed by atoms with Crippen molar-refractivity contribution in [1.29, 1.82) is 0 Å². The van der Waals surface area contributed by atoms with Crippen LogP contribution in [-0.4, -0.2) is 20.4 Å². The Hall–Kier alpha value is -0.420. The van der Waals surface area contributed by atoms with Gasteiger partial charge in [0.15, 0.2) is 0 Å². The highest BCUT2D eigenvalue weighted by Gasteiger charge is 1.90. The average molecular weight is 136 g/mol. The smallest absolute Gasteiger partial charge is 0.218 e. The number of nitrogens with two attached hydrogens (primary N) is 1. The van der Waals surface area contributed by atoms with Gasteiger partial charge in [0.05, 0.1) is 0 Å². The molecule has 0 fully saturated rings. The minimum absolute atomic E-state index is 0.0872. The van der Waals surface area contributed by atoms with E-state index >= 15 is 0 Å². The molecule has 0 radical (unpaired) electrons. The van der Waals surface area contributed by atoms with E-state index in [-0.39, 0.29) is 12.2 Å². The minimum atomic E-state index is -2.14. The molecule has 0 heterocycles. The molecule has 0 saturated carbocycles. The molecule has 0 saturated heterocycles. The van der Waals surface area contributed by atoms with E-state index in [4.69, 9.17) is 0 Å². The number of amides is 1. The number of rotatable bonds is 3. The van der Waals surface area contributed by atoms with E-state index in [0.717, 1.165) is 0 Å². The fourth-order valence-corrected chi connectivity index (χ4v) is 0.552. The molecule has 4 nitrogen and oxygen atoms in total. The van der Waals surface area contributed by atoms with Gasteiger partial charge in [0.2, 0.25) is 5.91 Å². The third-order valence-electron chi connectivity index (χ3n) is 0.515. The Balaban J connectivity index is 3.18. The highest BCUT2D eigenvalue weighted by Crippen LogP contribution is 1.79. The lowest BCUT2D eigenvalue weighted by Gasteiger charge is -1.99. The molecule has 1 atom stereocenters. The number of carbonyl (C=O) groups is 1. The Bertz CT molecular complexity index is 99.1. The van der Waals surface area contributed by atoms with E-state index < -0.39 is 17.0 Å². The van der Waals surface area contributed by atoms with Crippen molar-refractivity contribution in [3.63, 3.8) is 0 Å². The molecule has 0 aliphatic heterocycles. The lowest BCUT2D eigenvalue weighted by molar-refractivity contribution is -0.117. The zero-order valence-electron chi connectivity index (χ0n) is 4.12. The van der Waals surface area contributed by atoms with Crippen molar-refractivity contribution in [3.8, 4) is 0 Å². The summed E-state index contributed by atoms with van der Waals surface area (Å²) in [5.41, 5.74) is 4.63. The second-order valence-corrected chi connectivity index (χ2v) is 2.24. The van der Waals surface area contributed by atoms with Gasteiger partial charge in [0, 0.05) is 12.2 Å². The quantitative estimate of drug-likeness (QED) is 0.491. The zero-order chi connectivity index (χ0) is 6.57. The number of primary amides is 1. The average Bonchev–Trinajstić information content (AvgIpc) is 1.61. The van der Waals surface area contributed by atoms with E-state index in [9.17, 15) is 13.6 Å². The minimum Gasteiger partial charge on any atom is -0.772 e. The van der Waals surface area contributed by atoms with Crippen LogP contribution in [0.15, 0.2) is 0 Å². The fraction of sp³-hybridized carbons (Fsp3) is 0.667. The van der Waals surface area contributed by atoms with Crippen LogP contribution in [0.2, 0.25) is 0 Å². The van der Waals surface area contributed by atoms with E-state index in [1.807, 2.05) is 0 Å². The maximum Gasteiger partial charge on any atom is 0.218 e. The van der Waals surface area contributed by atoms with Crippen LogP contribution in [0.1, 0.15) is 6.42 Å². The summed E-state index contributed by atoms with van der Waals surface area (Å²) in [7, 11) is 0. The molecular weight excluding hydrogens is 130 g/mol. The molecule has 5 heteroatoms. The van der Waals surface area contributed by atoms with Gasteiger partial charge in [0.1, 0.15) is 0 Å². The van der Waals surface area contributed by atoms with Gasteiger partial charge in [-0.3, -0.25) is 9.00 Å². The summed E-state index contributed by atoms with van der Waals surface area (Å²) in [4.78, 5) is 9.85. The molecule has 48 valence electrons. The standard InChI is InChI=1S/C3H7NO3S/c4-3(5)1-2-8(6)7/h1-2H2,(H2,4,5)(H,6,7)/p-1. The summed E-state index contributed by atoms with van der Waals surface area (Å²) in [6.45, 7) is 0. The SMILES string of the molecule is NC(=O)CCS(=O)[O-].